The van der Waals surface area contributed by atoms with E-state index in [-0.39, 0.29) is 22.9 Å². The molecule has 8 heteroatoms. The van der Waals surface area contributed by atoms with Crippen molar-refractivity contribution in [3.8, 4) is 0 Å². The molecule has 1 saturated heterocycles. The molecule has 1 aliphatic rings. The monoisotopic (exact) mass is 300 g/mol. The number of β-amino-alcohol motifs (C(OH)–C–C–N with tert-alkyl or cyclic N) is 1. The standard InChI is InChI=1S/C12H17ClN4O3/c1-12(2,3)7-5-8(14-15-10(7)13)17-9(18)6-16(20-4)11(17)19/h5,9,18H,6H2,1-4H3. The first-order chi connectivity index (χ1) is 9.25. The van der Waals surface area contributed by atoms with Crippen molar-refractivity contribution in [2.24, 2.45) is 0 Å². The number of aliphatic hydroxyl groups is 1. The summed E-state index contributed by atoms with van der Waals surface area (Å²) in [6.45, 7) is 5.97. The van der Waals surface area contributed by atoms with Gasteiger partial charge in [0, 0.05) is 5.56 Å². The van der Waals surface area contributed by atoms with E-state index in [1.165, 1.54) is 7.11 Å². The van der Waals surface area contributed by atoms with E-state index >= 15 is 0 Å². The molecule has 1 fully saturated rings. The van der Waals surface area contributed by atoms with E-state index in [4.69, 9.17) is 16.4 Å². The third-order valence-corrected chi connectivity index (χ3v) is 3.34. The van der Waals surface area contributed by atoms with Gasteiger partial charge >= 0.3 is 6.03 Å². The summed E-state index contributed by atoms with van der Waals surface area (Å²) in [7, 11) is 1.36. The number of hydroxylamine groups is 2. The number of nitrogens with zero attached hydrogens (tertiary/aromatic N) is 4. The molecule has 20 heavy (non-hydrogen) atoms. The van der Waals surface area contributed by atoms with Gasteiger partial charge in [-0.05, 0) is 11.5 Å². The van der Waals surface area contributed by atoms with Crippen LogP contribution in [0.2, 0.25) is 5.15 Å². The molecule has 2 rings (SSSR count). The molecule has 0 aromatic carbocycles. The van der Waals surface area contributed by atoms with E-state index < -0.39 is 12.3 Å². The quantitative estimate of drug-likeness (QED) is 0.896. The van der Waals surface area contributed by atoms with E-state index in [2.05, 4.69) is 10.2 Å². The minimum atomic E-state index is -1.04. The lowest BCUT2D eigenvalue weighted by Crippen LogP contribution is -2.36. The first kappa shape index (κ1) is 15.0. The molecule has 0 saturated carbocycles. The zero-order valence-electron chi connectivity index (χ0n) is 11.8. The summed E-state index contributed by atoms with van der Waals surface area (Å²) in [5.74, 6) is 0.247. The summed E-state index contributed by atoms with van der Waals surface area (Å²) < 4.78 is 0. The molecule has 7 nitrogen and oxygen atoms in total. The lowest BCUT2D eigenvalue weighted by atomic mass is 9.88. The Morgan fingerprint density at radius 2 is 2.10 bits per heavy atom. The van der Waals surface area contributed by atoms with Crippen molar-refractivity contribution >= 4 is 23.4 Å². The highest BCUT2D eigenvalue weighted by atomic mass is 35.5. The van der Waals surface area contributed by atoms with Gasteiger partial charge in [-0.15, -0.1) is 10.2 Å². The Bertz CT molecular complexity index is 532. The fourth-order valence-corrected chi connectivity index (χ4v) is 2.35. The summed E-state index contributed by atoms with van der Waals surface area (Å²) in [6, 6.07) is 1.17. The van der Waals surface area contributed by atoms with Gasteiger partial charge in [-0.2, -0.15) is 5.06 Å². The van der Waals surface area contributed by atoms with Gasteiger partial charge in [0.1, 0.15) is 0 Å². The highest BCUT2D eigenvalue weighted by Crippen LogP contribution is 2.31. The van der Waals surface area contributed by atoms with E-state index in [0.29, 0.717) is 0 Å². The molecule has 1 N–H and O–H groups in total. The molecular weight excluding hydrogens is 284 g/mol. The van der Waals surface area contributed by atoms with Gasteiger partial charge in [-0.3, -0.25) is 4.84 Å². The fraction of sp³-hybridized carbons (Fsp3) is 0.583. The van der Waals surface area contributed by atoms with Crippen LogP contribution in [0.5, 0.6) is 0 Å². The van der Waals surface area contributed by atoms with Crippen molar-refractivity contribution in [2.75, 3.05) is 18.6 Å². The zero-order chi connectivity index (χ0) is 15.1. The van der Waals surface area contributed by atoms with Gasteiger partial charge in [0.25, 0.3) is 0 Å². The number of amides is 2. The van der Waals surface area contributed by atoms with E-state index in [1.54, 1.807) is 6.07 Å². The highest BCUT2D eigenvalue weighted by Gasteiger charge is 2.39. The minimum Gasteiger partial charge on any atom is -0.371 e. The highest BCUT2D eigenvalue weighted by molar-refractivity contribution is 6.30. The Labute approximate surface area is 122 Å². The summed E-state index contributed by atoms with van der Waals surface area (Å²) in [5.41, 5.74) is 0.497. The molecule has 110 valence electrons. The van der Waals surface area contributed by atoms with Crippen molar-refractivity contribution < 1.29 is 14.7 Å². The van der Waals surface area contributed by atoms with Crippen LogP contribution >= 0.6 is 11.6 Å². The van der Waals surface area contributed by atoms with Crippen molar-refractivity contribution in [2.45, 2.75) is 32.4 Å². The SMILES string of the molecule is CON1CC(O)N(c2cc(C(C)(C)C)c(Cl)nn2)C1=O. The molecule has 1 unspecified atom stereocenters. The molecule has 0 aliphatic carbocycles. The lowest BCUT2D eigenvalue weighted by molar-refractivity contribution is -0.0813. The van der Waals surface area contributed by atoms with Gasteiger partial charge in [0.2, 0.25) is 0 Å². The number of carbonyl (C=O) groups is 1. The van der Waals surface area contributed by atoms with Crippen molar-refractivity contribution in [3.63, 3.8) is 0 Å². The molecule has 0 spiro atoms. The number of aromatic nitrogens is 2. The van der Waals surface area contributed by atoms with Crippen LogP contribution in [0.4, 0.5) is 10.6 Å². The predicted octanol–water partition coefficient (Wildman–Crippen LogP) is 1.55. The first-order valence-corrected chi connectivity index (χ1v) is 6.50. The minimum absolute atomic E-state index is 0.0461. The number of halogens is 1. The Kier molecular flexibility index (Phi) is 3.86. The fourth-order valence-electron chi connectivity index (χ4n) is 1.97. The Hall–Kier alpha value is -1.44. The number of hydrogen-bond acceptors (Lipinski definition) is 5. The second kappa shape index (κ2) is 5.16. The maximum Gasteiger partial charge on any atom is 0.352 e. The summed E-state index contributed by atoms with van der Waals surface area (Å²) >= 11 is 6.04. The second-order valence-corrected chi connectivity index (χ2v) is 5.89. The van der Waals surface area contributed by atoms with Crippen LogP contribution in [0.15, 0.2) is 6.07 Å². The van der Waals surface area contributed by atoms with Gasteiger partial charge in [-0.1, -0.05) is 32.4 Å². The van der Waals surface area contributed by atoms with Crippen molar-refractivity contribution in [3.05, 3.63) is 16.8 Å². The van der Waals surface area contributed by atoms with Crippen LogP contribution in [0.3, 0.4) is 0 Å². The van der Waals surface area contributed by atoms with Gasteiger partial charge in [0.05, 0.1) is 13.7 Å². The summed E-state index contributed by atoms with van der Waals surface area (Å²) in [5, 5.41) is 19.0. The topological polar surface area (TPSA) is 78.8 Å². The van der Waals surface area contributed by atoms with E-state index in [0.717, 1.165) is 15.5 Å². The molecular formula is C12H17ClN4O3. The third-order valence-electron chi connectivity index (χ3n) is 3.06. The van der Waals surface area contributed by atoms with Gasteiger partial charge in [-0.25, -0.2) is 9.69 Å². The number of anilines is 1. The second-order valence-electron chi connectivity index (χ2n) is 5.53. The molecule has 0 radical (unpaired) electrons. The lowest BCUT2D eigenvalue weighted by Gasteiger charge is -2.23. The molecule has 1 aromatic rings. The molecule has 2 heterocycles. The third kappa shape index (κ3) is 2.56. The number of carbonyl (C=O) groups excluding carboxylic acids is 1. The zero-order valence-corrected chi connectivity index (χ0v) is 12.5. The first-order valence-electron chi connectivity index (χ1n) is 6.12. The number of hydrogen-bond donors (Lipinski definition) is 1. The van der Waals surface area contributed by atoms with Crippen molar-refractivity contribution in [1.82, 2.24) is 15.3 Å². The van der Waals surface area contributed by atoms with Crippen molar-refractivity contribution in [1.29, 1.82) is 0 Å². The van der Waals surface area contributed by atoms with Crippen LogP contribution in [-0.2, 0) is 10.3 Å². The largest absolute Gasteiger partial charge is 0.371 e. The van der Waals surface area contributed by atoms with Gasteiger partial charge in [0.15, 0.2) is 17.2 Å². The Morgan fingerprint density at radius 3 is 2.60 bits per heavy atom. The number of aliphatic hydroxyl groups excluding tert-OH is 1. The van der Waals surface area contributed by atoms with Crippen LogP contribution in [-0.4, -0.2) is 46.3 Å². The molecule has 1 aliphatic heterocycles. The molecule has 1 atom stereocenters. The van der Waals surface area contributed by atoms with Gasteiger partial charge < -0.3 is 5.11 Å². The molecule has 0 bridgehead atoms. The van der Waals surface area contributed by atoms with E-state index in [1.807, 2.05) is 20.8 Å². The average molecular weight is 301 g/mol. The summed E-state index contributed by atoms with van der Waals surface area (Å²) in [6.07, 6.45) is -1.04. The Morgan fingerprint density at radius 1 is 1.45 bits per heavy atom. The Balaban J connectivity index is 2.42. The number of rotatable bonds is 2. The normalized spacial score (nSPS) is 19.9. The van der Waals surface area contributed by atoms with Crippen LogP contribution in [0.1, 0.15) is 26.3 Å². The van der Waals surface area contributed by atoms with Crippen LogP contribution in [0.25, 0.3) is 0 Å². The van der Waals surface area contributed by atoms with E-state index in [9.17, 15) is 9.90 Å². The maximum atomic E-state index is 12.1. The van der Waals surface area contributed by atoms with Crippen LogP contribution in [0, 0.1) is 0 Å². The molecule has 2 amide bonds. The smallest absolute Gasteiger partial charge is 0.352 e. The average Bonchev–Trinajstić information content (AvgIpc) is 2.64. The summed E-state index contributed by atoms with van der Waals surface area (Å²) in [4.78, 5) is 18.1. The van der Waals surface area contributed by atoms with Crippen LogP contribution < -0.4 is 4.90 Å². The maximum absolute atomic E-state index is 12.1. The molecule has 1 aromatic heterocycles. The predicted molar refractivity (Wildman–Crippen MR) is 73.3 cm³/mol. The number of urea groups is 1.